The zero-order chi connectivity index (χ0) is 10.7. The highest BCUT2D eigenvalue weighted by molar-refractivity contribution is 5.23. The van der Waals surface area contributed by atoms with Crippen molar-refractivity contribution in [3.63, 3.8) is 0 Å². The molecule has 1 aliphatic carbocycles. The van der Waals surface area contributed by atoms with Crippen molar-refractivity contribution in [2.45, 2.75) is 24.8 Å². The third-order valence-corrected chi connectivity index (χ3v) is 2.95. The molecule has 0 atom stereocenters. The van der Waals surface area contributed by atoms with Crippen LogP contribution in [0.25, 0.3) is 0 Å². The molecule has 1 aromatic rings. The summed E-state index contributed by atoms with van der Waals surface area (Å²) in [5, 5.41) is 3.25. The van der Waals surface area contributed by atoms with E-state index in [-0.39, 0.29) is 5.82 Å². The van der Waals surface area contributed by atoms with Crippen LogP contribution in [0, 0.1) is 18.2 Å². The van der Waals surface area contributed by atoms with Gasteiger partial charge < -0.3 is 5.32 Å². The lowest BCUT2D eigenvalue weighted by Gasteiger charge is -2.36. The third-order valence-electron chi connectivity index (χ3n) is 2.95. The zero-order valence-corrected chi connectivity index (χ0v) is 8.54. The summed E-state index contributed by atoms with van der Waals surface area (Å²) in [7, 11) is 0. The maximum absolute atomic E-state index is 12.9. The molecular weight excluding hydrogens is 189 g/mol. The van der Waals surface area contributed by atoms with Crippen molar-refractivity contribution in [3.05, 3.63) is 35.6 Å². The normalized spacial score (nSPS) is 24.3. The fourth-order valence-electron chi connectivity index (χ4n) is 2.02. The van der Waals surface area contributed by atoms with E-state index in [1.807, 2.05) is 6.07 Å². The minimum absolute atomic E-state index is 0.146. The van der Waals surface area contributed by atoms with E-state index in [1.54, 1.807) is 12.1 Å². The zero-order valence-electron chi connectivity index (χ0n) is 8.54. The average molecular weight is 203 g/mol. The van der Waals surface area contributed by atoms with Crippen molar-refractivity contribution in [3.8, 4) is 12.3 Å². The summed E-state index contributed by atoms with van der Waals surface area (Å²) < 4.78 is 12.9. The van der Waals surface area contributed by atoms with Gasteiger partial charge in [-0.2, -0.15) is 0 Å². The summed E-state index contributed by atoms with van der Waals surface area (Å²) in [6.07, 6.45) is 7.28. The van der Waals surface area contributed by atoms with Crippen LogP contribution < -0.4 is 5.32 Å². The van der Waals surface area contributed by atoms with E-state index in [1.165, 1.54) is 6.07 Å². The number of hydrogen-bond acceptors (Lipinski definition) is 1. The van der Waals surface area contributed by atoms with Crippen LogP contribution in [-0.4, -0.2) is 12.6 Å². The van der Waals surface area contributed by atoms with Gasteiger partial charge in [0.1, 0.15) is 5.82 Å². The van der Waals surface area contributed by atoms with Crippen LogP contribution in [0.4, 0.5) is 4.39 Å². The molecule has 0 heterocycles. The number of terminal acetylenes is 1. The minimum atomic E-state index is -0.146. The number of hydrogen-bond donors (Lipinski definition) is 1. The molecule has 0 unspecified atom stereocenters. The summed E-state index contributed by atoms with van der Waals surface area (Å²) in [5.74, 6) is 2.91. The number of rotatable bonds is 3. The van der Waals surface area contributed by atoms with Gasteiger partial charge in [-0.1, -0.05) is 18.1 Å². The molecule has 0 saturated heterocycles. The lowest BCUT2D eigenvalue weighted by molar-refractivity contribution is 0.300. The Morgan fingerprint density at radius 1 is 1.47 bits per heavy atom. The lowest BCUT2D eigenvalue weighted by Crippen LogP contribution is -2.40. The van der Waals surface area contributed by atoms with Gasteiger partial charge in [-0.15, -0.1) is 6.42 Å². The lowest BCUT2D eigenvalue weighted by atomic mass is 9.76. The molecule has 0 aliphatic heterocycles. The van der Waals surface area contributed by atoms with Gasteiger partial charge in [0.25, 0.3) is 0 Å². The predicted molar refractivity (Wildman–Crippen MR) is 59.0 cm³/mol. The number of halogens is 1. The molecule has 1 aromatic carbocycles. The Morgan fingerprint density at radius 2 is 2.27 bits per heavy atom. The summed E-state index contributed by atoms with van der Waals surface area (Å²) in [6, 6.07) is 7.38. The van der Waals surface area contributed by atoms with Crippen LogP contribution in [0.3, 0.4) is 0 Å². The molecule has 1 saturated carbocycles. The molecule has 0 spiro atoms. The third kappa shape index (κ3) is 2.37. The average Bonchev–Trinajstić information content (AvgIpc) is 2.16. The van der Waals surface area contributed by atoms with Crippen LogP contribution in [0.15, 0.2) is 24.3 Å². The van der Waals surface area contributed by atoms with Crippen molar-refractivity contribution in [2.24, 2.45) is 0 Å². The Kier molecular flexibility index (Phi) is 3.03. The van der Waals surface area contributed by atoms with Gasteiger partial charge in [0.2, 0.25) is 0 Å². The fourth-order valence-corrected chi connectivity index (χ4v) is 2.02. The second-order valence-electron chi connectivity index (χ2n) is 4.01. The van der Waals surface area contributed by atoms with E-state index in [9.17, 15) is 4.39 Å². The number of benzene rings is 1. The first-order chi connectivity index (χ1) is 7.29. The van der Waals surface area contributed by atoms with Crippen molar-refractivity contribution in [2.75, 3.05) is 6.54 Å². The van der Waals surface area contributed by atoms with Crippen LogP contribution in [0.5, 0.6) is 0 Å². The Hall–Kier alpha value is -1.33. The maximum Gasteiger partial charge on any atom is 0.123 e. The highest BCUT2D eigenvalue weighted by Gasteiger charge is 2.29. The molecule has 2 heteroatoms. The fraction of sp³-hybridized carbons (Fsp3) is 0.385. The topological polar surface area (TPSA) is 12.0 Å². The first kappa shape index (κ1) is 10.2. The molecule has 1 aliphatic rings. The smallest absolute Gasteiger partial charge is 0.123 e. The van der Waals surface area contributed by atoms with Gasteiger partial charge in [-0.25, -0.2) is 4.39 Å². The molecule has 2 rings (SSSR count). The Labute approximate surface area is 89.7 Å². The van der Waals surface area contributed by atoms with Gasteiger partial charge in [0.05, 0.1) is 6.54 Å². The molecule has 78 valence electrons. The summed E-state index contributed by atoms with van der Waals surface area (Å²) in [5.41, 5.74) is 1.11. The molecule has 15 heavy (non-hydrogen) atoms. The van der Waals surface area contributed by atoms with Gasteiger partial charge in [0.15, 0.2) is 0 Å². The Morgan fingerprint density at radius 3 is 2.93 bits per heavy atom. The maximum atomic E-state index is 12.9. The van der Waals surface area contributed by atoms with Crippen molar-refractivity contribution in [1.82, 2.24) is 5.32 Å². The van der Waals surface area contributed by atoms with E-state index in [0.29, 0.717) is 18.5 Å². The van der Waals surface area contributed by atoms with Crippen LogP contribution in [0.2, 0.25) is 0 Å². The van der Waals surface area contributed by atoms with Crippen molar-refractivity contribution >= 4 is 0 Å². The van der Waals surface area contributed by atoms with E-state index in [2.05, 4.69) is 11.2 Å². The molecule has 0 amide bonds. The van der Waals surface area contributed by atoms with Crippen molar-refractivity contribution in [1.29, 1.82) is 0 Å². The molecule has 1 fully saturated rings. The first-order valence-electron chi connectivity index (χ1n) is 5.22. The molecule has 0 aromatic heterocycles. The van der Waals surface area contributed by atoms with Crippen LogP contribution in [0.1, 0.15) is 24.3 Å². The monoisotopic (exact) mass is 203 g/mol. The van der Waals surface area contributed by atoms with Gasteiger partial charge in [0, 0.05) is 6.04 Å². The highest BCUT2D eigenvalue weighted by atomic mass is 19.1. The largest absolute Gasteiger partial charge is 0.303 e. The number of nitrogens with one attached hydrogen (secondary N) is 1. The van der Waals surface area contributed by atoms with E-state index in [4.69, 9.17) is 6.42 Å². The first-order valence-corrected chi connectivity index (χ1v) is 5.22. The SMILES string of the molecule is C#CCNC1CC(c2cccc(F)c2)C1. The molecular formula is C13H14FN. The van der Waals surface area contributed by atoms with E-state index >= 15 is 0 Å². The standard InChI is InChI=1S/C13H14FN/c1-2-6-15-13-8-11(9-13)10-4-3-5-12(14)7-10/h1,3-5,7,11,13,15H,6,8-9H2. The quantitative estimate of drug-likeness (QED) is 0.743. The van der Waals surface area contributed by atoms with E-state index in [0.717, 1.165) is 18.4 Å². The van der Waals surface area contributed by atoms with E-state index < -0.39 is 0 Å². The summed E-state index contributed by atoms with van der Waals surface area (Å²) in [6.45, 7) is 0.626. The molecule has 1 nitrogen and oxygen atoms in total. The molecule has 1 N–H and O–H groups in total. The van der Waals surface area contributed by atoms with Crippen molar-refractivity contribution < 1.29 is 4.39 Å². The minimum Gasteiger partial charge on any atom is -0.303 e. The second kappa shape index (κ2) is 4.46. The van der Waals surface area contributed by atoms with Gasteiger partial charge in [-0.05, 0) is 36.5 Å². The summed E-state index contributed by atoms with van der Waals surface area (Å²) >= 11 is 0. The molecule has 0 radical (unpaired) electrons. The van der Waals surface area contributed by atoms with Gasteiger partial charge >= 0.3 is 0 Å². The Bertz CT molecular complexity index is 374. The van der Waals surface area contributed by atoms with Gasteiger partial charge in [-0.3, -0.25) is 0 Å². The second-order valence-corrected chi connectivity index (χ2v) is 4.01. The summed E-state index contributed by atoms with van der Waals surface area (Å²) in [4.78, 5) is 0. The molecule has 0 bridgehead atoms. The van der Waals surface area contributed by atoms with Crippen LogP contribution >= 0.6 is 0 Å². The highest BCUT2D eigenvalue weighted by Crippen LogP contribution is 2.36. The predicted octanol–water partition coefficient (Wildman–Crippen LogP) is 2.29. The van der Waals surface area contributed by atoms with Crippen LogP contribution in [-0.2, 0) is 0 Å². The Balaban J connectivity index is 1.87.